The molecule has 0 aromatic carbocycles. The van der Waals surface area contributed by atoms with Gasteiger partial charge in [0.1, 0.15) is 5.60 Å². The Kier molecular flexibility index (Phi) is 8.47. The molecule has 29 heavy (non-hydrogen) atoms. The molecule has 0 heterocycles. The average molecular weight is 417 g/mol. The Labute approximate surface area is 172 Å². The second-order valence-electron chi connectivity index (χ2n) is 8.95. The van der Waals surface area contributed by atoms with Crippen LogP contribution in [0.25, 0.3) is 0 Å². The topological polar surface area (TPSA) is 134 Å². The number of ether oxygens (including phenoxy) is 2. The van der Waals surface area contributed by atoms with Gasteiger partial charge in [0.25, 0.3) is 0 Å². The van der Waals surface area contributed by atoms with Gasteiger partial charge in [-0.3, -0.25) is 9.59 Å². The van der Waals surface area contributed by atoms with Gasteiger partial charge < -0.3 is 30.3 Å². The normalized spacial score (nSPS) is 27.6. The van der Waals surface area contributed by atoms with E-state index in [2.05, 4.69) is 10.6 Å². The summed E-state index contributed by atoms with van der Waals surface area (Å²) in [5, 5.41) is 25.9. The number of alkyl carbamates (subject to hydrolysis) is 1. The summed E-state index contributed by atoms with van der Waals surface area (Å²) in [7, 11) is 1.51. The molecular formula is C20H36N2O7. The third-order valence-electron chi connectivity index (χ3n) is 5.41. The maximum atomic E-state index is 12.4. The van der Waals surface area contributed by atoms with Gasteiger partial charge in [-0.1, -0.05) is 13.3 Å². The van der Waals surface area contributed by atoms with Crippen LogP contribution in [0.1, 0.15) is 60.8 Å². The van der Waals surface area contributed by atoms with Gasteiger partial charge in [-0.2, -0.15) is 0 Å². The van der Waals surface area contributed by atoms with Crippen molar-refractivity contribution in [3.63, 3.8) is 0 Å². The third kappa shape index (κ3) is 6.57. The van der Waals surface area contributed by atoms with Gasteiger partial charge >= 0.3 is 12.1 Å². The van der Waals surface area contributed by atoms with E-state index in [-0.39, 0.29) is 12.3 Å². The Bertz CT molecular complexity index is 604. The molecule has 1 fully saturated rings. The summed E-state index contributed by atoms with van der Waals surface area (Å²) < 4.78 is 11.0. The smallest absolute Gasteiger partial charge is 0.407 e. The number of carboxylic acid groups (broad SMARTS) is 1. The summed E-state index contributed by atoms with van der Waals surface area (Å²) in [6.07, 6.45) is -0.662. The standard InChI is InChI=1S/C20H36N2O7/c1-8-9-20(6,28-7)16(21-11(2)23)14-13(10-12(15(14)24)17(25)26)22-18(27)29-19(3,4)5/h12-16,24H,8-10H2,1-7H3,(H,21,23)(H,22,27)(H,25,26). The molecule has 168 valence electrons. The van der Waals surface area contributed by atoms with Crippen molar-refractivity contribution in [1.82, 2.24) is 10.6 Å². The lowest BCUT2D eigenvalue weighted by atomic mass is 9.78. The first-order valence-corrected chi connectivity index (χ1v) is 9.98. The molecule has 9 nitrogen and oxygen atoms in total. The van der Waals surface area contributed by atoms with Gasteiger partial charge in [0, 0.05) is 26.0 Å². The van der Waals surface area contributed by atoms with E-state index in [4.69, 9.17) is 9.47 Å². The van der Waals surface area contributed by atoms with Crippen LogP contribution in [0.3, 0.4) is 0 Å². The number of carbonyl (C=O) groups excluding carboxylic acids is 2. The number of carboxylic acids is 1. The van der Waals surface area contributed by atoms with Crippen LogP contribution in [0.2, 0.25) is 0 Å². The lowest BCUT2D eigenvalue weighted by Gasteiger charge is -2.43. The van der Waals surface area contributed by atoms with Gasteiger partial charge in [-0.15, -0.1) is 0 Å². The number of hydrogen-bond acceptors (Lipinski definition) is 6. The summed E-state index contributed by atoms with van der Waals surface area (Å²) in [4.78, 5) is 36.0. The molecule has 9 heteroatoms. The van der Waals surface area contributed by atoms with Gasteiger partial charge in [-0.05, 0) is 40.5 Å². The van der Waals surface area contributed by atoms with Crippen molar-refractivity contribution >= 4 is 18.0 Å². The molecule has 1 aliphatic carbocycles. The molecule has 0 saturated heterocycles. The first-order valence-electron chi connectivity index (χ1n) is 9.98. The van der Waals surface area contributed by atoms with Crippen LogP contribution in [0.5, 0.6) is 0 Å². The molecule has 4 N–H and O–H groups in total. The number of aliphatic carboxylic acids is 1. The minimum absolute atomic E-state index is 0.0163. The van der Waals surface area contributed by atoms with Crippen molar-refractivity contribution < 1.29 is 34.1 Å². The Morgan fingerprint density at radius 3 is 2.21 bits per heavy atom. The minimum Gasteiger partial charge on any atom is -0.481 e. The van der Waals surface area contributed by atoms with Crippen LogP contribution in [-0.4, -0.2) is 64.7 Å². The Balaban J connectivity index is 3.31. The number of aliphatic hydroxyl groups excluding tert-OH is 1. The second kappa shape index (κ2) is 9.75. The number of nitrogens with one attached hydrogen (secondary N) is 2. The SMILES string of the molecule is CCCC(C)(OC)C(NC(C)=O)C1C(NC(=O)OC(C)(C)C)CC(C(=O)O)C1O. The largest absolute Gasteiger partial charge is 0.481 e. The quantitative estimate of drug-likeness (QED) is 0.473. The lowest BCUT2D eigenvalue weighted by molar-refractivity contribution is -0.146. The van der Waals surface area contributed by atoms with E-state index in [1.54, 1.807) is 20.8 Å². The van der Waals surface area contributed by atoms with E-state index in [0.717, 1.165) is 6.42 Å². The van der Waals surface area contributed by atoms with Crippen LogP contribution < -0.4 is 10.6 Å². The van der Waals surface area contributed by atoms with Crippen LogP contribution in [0, 0.1) is 11.8 Å². The van der Waals surface area contributed by atoms with Crippen molar-refractivity contribution in [2.24, 2.45) is 11.8 Å². The highest BCUT2D eigenvalue weighted by Gasteiger charge is 2.54. The van der Waals surface area contributed by atoms with E-state index in [1.165, 1.54) is 14.0 Å². The molecule has 1 aliphatic rings. The molecule has 2 amide bonds. The monoisotopic (exact) mass is 416 g/mol. The highest BCUT2D eigenvalue weighted by Crippen LogP contribution is 2.40. The van der Waals surface area contributed by atoms with E-state index < -0.39 is 53.3 Å². The summed E-state index contributed by atoms with van der Waals surface area (Å²) in [5.74, 6) is -3.36. The molecule has 0 bridgehead atoms. The van der Waals surface area contributed by atoms with Crippen molar-refractivity contribution in [3.05, 3.63) is 0 Å². The van der Waals surface area contributed by atoms with Gasteiger partial charge in [0.05, 0.1) is 23.7 Å². The molecule has 0 aliphatic heterocycles. The van der Waals surface area contributed by atoms with Crippen molar-refractivity contribution in [1.29, 1.82) is 0 Å². The number of carbonyl (C=O) groups is 3. The first-order chi connectivity index (χ1) is 13.3. The highest BCUT2D eigenvalue weighted by molar-refractivity contribution is 5.74. The molecular weight excluding hydrogens is 380 g/mol. The number of aliphatic hydroxyl groups is 1. The predicted octanol–water partition coefficient (Wildman–Crippen LogP) is 1.67. The van der Waals surface area contributed by atoms with Crippen LogP contribution >= 0.6 is 0 Å². The van der Waals surface area contributed by atoms with E-state index in [9.17, 15) is 24.6 Å². The molecule has 0 aromatic heterocycles. The number of methoxy groups -OCH3 is 1. The molecule has 6 unspecified atom stereocenters. The molecule has 1 saturated carbocycles. The molecule has 0 spiro atoms. The van der Waals surface area contributed by atoms with Crippen LogP contribution in [-0.2, 0) is 19.1 Å². The minimum atomic E-state index is -1.28. The predicted molar refractivity (Wildman–Crippen MR) is 106 cm³/mol. The zero-order valence-corrected chi connectivity index (χ0v) is 18.4. The Hall–Kier alpha value is -1.87. The maximum Gasteiger partial charge on any atom is 0.407 e. The maximum absolute atomic E-state index is 12.4. The number of amides is 2. The number of hydrogen-bond donors (Lipinski definition) is 4. The summed E-state index contributed by atoms with van der Waals surface area (Å²) >= 11 is 0. The summed E-state index contributed by atoms with van der Waals surface area (Å²) in [5.41, 5.74) is -1.60. The van der Waals surface area contributed by atoms with Gasteiger partial charge in [-0.25, -0.2) is 4.79 Å². The first kappa shape index (κ1) is 25.2. The summed E-state index contributed by atoms with van der Waals surface area (Å²) in [6, 6.07) is -1.44. The number of rotatable bonds is 8. The lowest BCUT2D eigenvalue weighted by Crippen LogP contribution is -2.61. The molecule has 0 radical (unpaired) electrons. The molecule has 6 atom stereocenters. The summed E-state index contributed by atoms with van der Waals surface area (Å²) in [6.45, 7) is 10.3. The van der Waals surface area contributed by atoms with E-state index in [0.29, 0.717) is 6.42 Å². The highest BCUT2D eigenvalue weighted by atomic mass is 16.6. The zero-order chi connectivity index (χ0) is 22.6. The Morgan fingerprint density at radius 2 is 1.79 bits per heavy atom. The van der Waals surface area contributed by atoms with Crippen molar-refractivity contribution in [3.8, 4) is 0 Å². The fraction of sp³-hybridized carbons (Fsp3) is 0.850. The molecule has 1 rings (SSSR count). The van der Waals surface area contributed by atoms with E-state index >= 15 is 0 Å². The van der Waals surface area contributed by atoms with Crippen LogP contribution in [0.4, 0.5) is 4.79 Å². The van der Waals surface area contributed by atoms with Crippen LogP contribution in [0.15, 0.2) is 0 Å². The van der Waals surface area contributed by atoms with Gasteiger partial charge in [0.15, 0.2) is 0 Å². The van der Waals surface area contributed by atoms with Gasteiger partial charge in [0.2, 0.25) is 5.91 Å². The van der Waals surface area contributed by atoms with Crippen molar-refractivity contribution in [2.45, 2.75) is 90.2 Å². The second-order valence-corrected chi connectivity index (χ2v) is 8.95. The fourth-order valence-electron chi connectivity index (χ4n) is 4.12. The molecule has 0 aromatic rings. The Morgan fingerprint density at radius 1 is 1.21 bits per heavy atom. The van der Waals surface area contributed by atoms with Crippen molar-refractivity contribution in [2.75, 3.05) is 7.11 Å². The third-order valence-corrected chi connectivity index (χ3v) is 5.41. The van der Waals surface area contributed by atoms with E-state index in [1.807, 2.05) is 13.8 Å². The zero-order valence-electron chi connectivity index (χ0n) is 18.4. The fourth-order valence-corrected chi connectivity index (χ4v) is 4.12. The average Bonchev–Trinajstić information content (AvgIpc) is 2.87.